The molecule has 0 radical (unpaired) electrons. The maximum atomic E-state index is 11.0. The average Bonchev–Trinajstić information content (AvgIpc) is 2.45. The van der Waals surface area contributed by atoms with Crippen molar-refractivity contribution in [3.05, 3.63) is 33.4 Å². The zero-order valence-corrected chi connectivity index (χ0v) is 7.00. The summed E-state index contributed by atoms with van der Waals surface area (Å²) in [6, 6.07) is 3.52. The van der Waals surface area contributed by atoms with Crippen molar-refractivity contribution in [2.24, 2.45) is 0 Å². The molecule has 2 heterocycles. The van der Waals surface area contributed by atoms with Crippen molar-refractivity contribution in [2.75, 3.05) is 0 Å². The van der Waals surface area contributed by atoms with E-state index in [-0.39, 0.29) is 5.56 Å². The van der Waals surface area contributed by atoms with Crippen LogP contribution in [0.3, 0.4) is 0 Å². The number of H-pyrrole nitrogens is 1. The quantitative estimate of drug-likeness (QED) is 0.704. The largest absolute Gasteiger partial charge is 0.289 e. The molecule has 0 fully saturated rings. The third-order valence-corrected chi connectivity index (χ3v) is 1.99. The first kappa shape index (κ1) is 6.60. The predicted octanol–water partition coefficient (Wildman–Crippen LogP) is 0.785. The van der Waals surface area contributed by atoms with Gasteiger partial charge in [-0.25, -0.2) is 5.10 Å². The van der Waals surface area contributed by atoms with Crippen LogP contribution in [-0.2, 0) is 0 Å². The highest BCUT2D eigenvalue weighted by atomic mass is 79.9. The molecule has 2 aromatic rings. The lowest BCUT2D eigenvalue weighted by Crippen LogP contribution is -2.11. The molecule has 0 aliphatic carbocycles. The Bertz CT molecular complexity index is 444. The highest BCUT2D eigenvalue weighted by Crippen LogP contribution is 2.05. The van der Waals surface area contributed by atoms with Crippen LogP contribution in [0, 0.1) is 0 Å². The van der Waals surface area contributed by atoms with Gasteiger partial charge in [-0.2, -0.15) is 0 Å². The number of fused-ring (bicyclic) bond motifs is 1. The first-order chi connectivity index (χ1) is 5.29. The van der Waals surface area contributed by atoms with Gasteiger partial charge in [0, 0.05) is 6.20 Å². The number of hydrogen-bond acceptors (Lipinski definition) is 2. The fourth-order valence-electron chi connectivity index (χ4n) is 0.935. The molecule has 2 rings (SSSR count). The molecule has 0 aliphatic heterocycles. The van der Waals surface area contributed by atoms with Gasteiger partial charge in [-0.1, -0.05) is 0 Å². The van der Waals surface area contributed by atoms with E-state index in [1.54, 1.807) is 22.7 Å². The van der Waals surface area contributed by atoms with Crippen LogP contribution in [0.1, 0.15) is 0 Å². The second-order valence-corrected chi connectivity index (χ2v) is 2.79. The van der Waals surface area contributed by atoms with E-state index in [1.165, 1.54) is 0 Å². The van der Waals surface area contributed by atoms with Crippen LogP contribution < -0.4 is 5.56 Å². The van der Waals surface area contributed by atoms with E-state index < -0.39 is 0 Å². The molecule has 0 aromatic carbocycles. The summed E-state index contributed by atoms with van der Waals surface area (Å²) in [4.78, 5) is 11.0. The summed E-state index contributed by atoms with van der Waals surface area (Å²) >= 11 is 3.19. The van der Waals surface area contributed by atoms with Crippen LogP contribution >= 0.6 is 15.9 Å². The van der Waals surface area contributed by atoms with E-state index in [0.717, 1.165) is 0 Å². The molecule has 0 unspecified atom stereocenters. The number of aromatic amines is 1. The fourth-order valence-corrected chi connectivity index (χ4v) is 1.33. The zero-order valence-electron chi connectivity index (χ0n) is 5.41. The Morgan fingerprint density at radius 1 is 1.64 bits per heavy atom. The predicted molar refractivity (Wildman–Crippen MR) is 43.5 cm³/mol. The van der Waals surface area contributed by atoms with Crippen molar-refractivity contribution in [1.29, 1.82) is 0 Å². The number of rotatable bonds is 0. The first-order valence-corrected chi connectivity index (χ1v) is 3.79. The lowest BCUT2D eigenvalue weighted by Gasteiger charge is -1.93. The molecule has 5 heteroatoms. The van der Waals surface area contributed by atoms with Crippen LogP contribution in [0.4, 0.5) is 0 Å². The lowest BCUT2D eigenvalue weighted by molar-refractivity contribution is 0.885. The zero-order chi connectivity index (χ0) is 7.84. The van der Waals surface area contributed by atoms with Crippen LogP contribution in [0.15, 0.2) is 27.9 Å². The van der Waals surface area contributed by atoms with Gasteiger partial charge in [0.15, 0.2) is 0 Å². The van der Waals surface area contributed by atoms with E-state index in [9.17, 15) is 4.79 Å². The Balaban J connectivity index is 3.08. The van der Waals surface area contributed by atoms with Crippen molar-refractivity contribution in [3.8, 4) is 0 Å². The minimum atomic E-state index is -0.182. The summed E-state index contributed by atoms with van der Waals surface area (Å²) < 4.78 is 2.26. The van der Waals surface area contributed by atoms with Gasteiger partial charge in [0.2, 0.25) is 4.73 Å². The number of hydrogen-bond donors (Lipinski definition) is 1. The summed E-state index contributed by atoms with van der Waals surface area (Å²) in [6.45, 7) is 0. The Morgan fingerprint density at radius 3 is 3.18 bits per heavy atom. The number of halogens is 1. The molecule has 2 aromatic heterocycles. The molecule has 4 nitrogen and oxygen atoms in total. The molecule has 0 saturated heterocycles. The van der Waals surface area contributed by atoms with E-state index in [2.05, 4.69) is 26.1 Å². The Morgan fingerprint density at radius 2 is 2.45 bits per heavy atom. The highest BCUT2D eigenvalue weighted by Gasteiger charge is 1.99. The van der Waals surface area contributed by atoms with Gasteiger partial charge in [-0.15, -0.1) is 5.10 Å². The fraction of sp³-hybridized carbons (Fsp3) is 0. The lowest BCUT2D eigenvalue weighted by atomic mass is 10.5. The van der Waals surface area contributed by atoms with E-state index in [0.29, 0.717) is 10.3 Å². The van der Waals surface area contributed by atoms with Gasteiger partial charge in [-0.3, -0.25) is 9.20 Å². The minimum absolute atomic E-state index is 0.182. The second kappa shape index (κ2) is 2.20. The van der Waals surface area contributed by atoms with E-state index >= 15 is 0 Å². The molecular formula is C6H4BrN3O. The summed E-state index contributed by atoms with van der Waals surface area (Å²) in [5.74, 6) is 0. The normalized spacial score (nSPS) is 10.6. The Hall–Kier alpha value is -1.10. The average molecular weight is 214 g/mol. The second-order valence-electron chi connectivity index (χ2n) is 2.09. The van der Waals surface area contributed by atoms with Gasteiger partial charge in [0.05, 0.1) is 0 Å². The SMILES string of the molecule is O=c1[nH]nc(Br)n2cccc12. The van der Waals surface area contributed by atoms with Crippen molar-refractivity contribution in [1.82, 2.24) is 14.6 Å². The minimum Gasteiger partial charge on any atom is -0.289 e. The topological polar surface area (TPSA) is 50.2 Å². The van der Waals surface area contributed by atoms with Crippen LogP contribution in [0.2, 0.25) is 0 Å². The molecule has 0 spiro atoms. The first-order valence-electron chi connectivity index (χ1n) is 3.00. The maximum Gasteiger partial charge on any atom is 0.288 e. The van der Waals surface area contributed by atoms with Gasteiger partial charge in [0.25, 0.3) is 5.56 Å². The monoisotopic (exact) mass is 213 g/mol. The molecule has 11 heavy (non-hydrogen) atoms. The van der Waals surface area contributed by atoms with Crippen molar-refractivity contribution < 1.29 is 0 Å². The number of nitrogens with zero attached hydrogens (tertiary/aromatic N) is 2. The molecule has 0 saturated carbocycles. The van der Waals surface area contributed by atoms with Crippen molar-refractivity contribution in [3.63, 3.8) is 0 Å². The van der Waals surface area contributed by atoms with Crippen LogP contribution in [-0.4, -0.2) is 14.6 Å². The molecule has 0 aliphatic rings. The van der Waals surface area contributed by atoms with Crippen molar-refractivity contribution >= 4 is 21.4 Å². The van der Waals surface area contributed by atoms with Gasteiger partial charge >= 0.3 is 0 Å². The van der Waals surface area contributed by atoms with Crippen molar-refractivity contribution in [2.45, 2.75) is 0 Å². The van der Waals surface area contributed by atoms with Gasteiger partial charge < -0.3 is 0 Å². The summed E-state index contributed by atoms with van der Waals surface area (Å²) in [7, 11) is 0. The molecule has 0 atom stereocenters. The Kier molecular flexibility index (Phi) is 1.32. The molecular weight excluding hydrogens is 210 g/mol. The summed E-state index contributed by atoms with van der Waals surface area (Å²) in [6.07, 6.45) is 1.77. The maximum absolute atomic E-state index is 11.0. The summed E-state index contributed by atoms with van der Waals surface area (Å²) in [5.41, 5.74) is 0.407. The third kappa shape index (κ3) is 0.883. The molecule has 0 bridgehead atoms. The highest BCUT2D eigenvalue weighted by molar-refractivity contribution is 9.10. The Labute approximate surface area is 70.0 Å². The third-order valence-electron chi connectivity index (χ3n) is 1.43. The smallest absolute Gasteiger partial charge is 0.288 e. The van der Waals surface area contributed by atoms with Gasteiger partial charge in [0.1, 0.15) is 5.52 Å². The standard InChI is InChI=1S/C6H4BrN3O/c7-6-9-8-5(11)4-2-1-3-10(4)6/h1-3H,(H,8,11). The van der Waals surface area contributed by atoms with E-state index in [1.807, 2.05) is 0 Å². The summed E-state index contributed by atoms with van der Waals surface area (Å²) in [5, 5.41) is 6.08. The van der Waals surface area contributed by atoms with E-state index in [4.69, 9.17) is 0 Å². The molecule has 56 valence electrons. The van der Waals surface area contributed by atoms with Crippen LogP contribution in [0.25, 0.3) is 5.52 Å². The molecule has 1 N–H and O–H groups in total. The number of nitrogens with one attached hydrogen (secondary N) is 1. The van der Waals surface area contributed by atoms with Crippen LogP contribution in [0.5, 0.6) is 0 Å². The van der Waals surface area contributed by atoms with Gasteiger partial charge in [-0.05, 0) is 28.1 Å². The molecule has 0 amide bonds. The number of aromatic nitrogens is 3.